The Morgan fingerprint density at radius 2 is 2.00 bits per heavy atom. The first-order chi connectivity index (χ1) is 10.9. The van der Waals surface area contributed by atoms with Crippen molar-refractivity contribution < 1.29 is 17.6 Å². The maximum absolute atomic E-state index is 12.7. The second kappa shape index (κ2) is 6.26. The number of aryl methyl sites for hydroxylation is 1. The molecule has 1 aromatic rings. The molecule has 0 bridgehead atoms. The first kappa shape index (κ1) is 16.5. The van der Waals surface area contributed by atoms with E-state index in [2.05, 4.69) is 5.32 Å². The molecule has 0 spiro atoms. The van der Waals surface area contributed by atoms with Crippen LogP contribution in [-0.2, 0) is 10.0 Å². The summed E-state index contributed by atoms with van der Waals surface area (Å²) in [6, 6.07) is 1.44. The maximum Gasteiger partial charge on any atom is 0.289 e. The molecule has 2 saturated heterocycles. The summed E-state index contributed by atoms with van der Waals surface area (Å²) in [6.07, 6.45) is 1.75. The fourth-order valence-electron chi connectivity index (χ4n) is 3.18. The third-order valence-electron chi connectivity index (χ3n) is 4.53. The van der Waals surface area contributed by atoms with Crippen molar-refractivity contribution in [3.63, 3.8) is 0 Å². The number of hydrogen-bond donors (Lipinski definition) is 1. The summed E-state index contributed by atoms with van der Waals surface area (Å²) in [5, 5.41) is 3.22. The van der Waals surface area contributed by atoms with Crippen LogP contribution in [0, 0.1) is 6.92 Å². The molecule has 23 heavy (non-hydrogen) atoms. The lowest BCUT2D eigenvalue weighted by atomic mass is 10.2. The van der Waals surface area contributed by atoms with Crippen LogP contribution in [0.2, 0.25) is 0 Å². The van der Waals surface area contributed by atoms with Gasteiger partial charge in [-0.05, 0) is 26.7 Å². The molecule has 2 fully saturated rings. The quantitative estimate of drug-likeness (QED) is 0.879. The van der Waals surface area contributed by atoms with Gasteiger partial charge in [-0.25, -0.2) is 8.42 Å². The highest BCUT2D eigenvalue weighted by Gasteiger charge is 2.33. The molecule has 8 heteroatoms. The van der Waals surface area contributed by atoms with E-state index in [1.807, 2.05) is 6.92 Å². The Labute approximate surface area is 136 Å². The molecule has 0 saturated carbocycles. The molecule has 0 aliphatic carbocycles. The maximum atomic E-state index is 12.7. The molecule has 2 aliphatic heterocycles. The highest BCUT2D eigenvalue weighted by Crippen LogP contribution is 2.27. The molecule has 1 aromatic heterocycles. The Morgan fingerprint density at radius 3 is 2.65 bits per heavy atom. The Balaban J connectivity index is 1.87. The van der Waals surface area contributed by atoms with Crippen molar-refractivity contribution in [2.75, 3.05) is 32.7 Å². The zero-order chi connectivity index (χ0) is 16.6. The van der Waals surface area contributed by atoms with E-state index in [1.54, 1.807) is 11.8 Å². The van der Waals surface area contributed by atoms with Crippen molar-refractivity contribution in [3.05, 3.63) is 17.6 Å². The zero-order valence-corrected chi connectivity index (χ0v) is 14.4. The number of carbonyl (C=O) groups is 1. The van der Waals surface area contributed by atoms with Gasteiger partial charge in [0.1, 0.15) is 10.7 Å². The molecule has 0 unspecified atom stereocenters. The summed E-state index contributed by atoms with van der Waals surface area (Å²) in [5.74, 6) is 0.141. The van der Waals surface area contributed by atoms with E-state index in [1.165, 1.54) is 10.4 Å². The van der Waals surface area contributed by atoms with Gasteiger partial charge >= 0.3 is 0 Å². The number of nitrogens with zero attached hydrogens (tertiary/aromatic N) is 2. The minimum absolute atomic E-state index is 0.0558. The van der Waals surface area contributed by atoms with E-state index >= 15 is 0 Å². The largest absolute Gasteiger partial charge is 0.455 e. The lowest BCUT2D eigenvalue weighted by molar-refractivity contribution is 0.0622. The molecule has 1 N–H and O–H groups in total. The molecule has 1 amide bonds. The molecule has 3 heterocycles. The summed E-state index contributed by atoms with van der Waals surface area (Å²) in [6.45, 7) is 6.67. The van der Waals surface area contributed by atoms with Gasteiger partial charge in [0, 0.05) is 44.8 Å². The summed E-state index contributed by atoms with van der Waals surface area (Å²) in [5.41, 5.74) is 0. The lowest BCUT2D eigenvalue weighted by Gasteiger charge is -2.33. The standard InChI is InChI=1S/C15H23N3O4S/c1-11-10-16-5-8-18(11)15(19)13-9-14(12(2)22-13)23(20,21)17-6-3-4-7-17/h9,11,16H,3-8,10H2,1-2H3/t11-/m0/s1. The normalized spacial score (nSPS) is 23.4. The van der Waals surface area contributed by atoms with Crippen molar-refractivity contribution >= 4 is 15.9 Å². The molecule has 7 nitrogen and oxygen atoms in total. The summed E-state index contributed by atoms with van der Waals surface area (Å²) < 4.78 is 32.3. The van der Waals surface area contributed by atoms with Crippen LogP contribution in [0.5, 0.6) is 0 Å². The topological polar surface area (TPSA) is 82.9 Å². The van der Waals surface area contributed by atoms with Gasteiger partial charge in [0.05, 0.1) is 0 Å². The van der Waals surface area contributed by atoms with E-state index in [-0.39, 0.29) is 28.4 Å². The molecule has 0 radical (unpaired) electrons. The van der Waals surface area contributed by atoms with Crippen LogP contribution >= 0.6 is 0 Å². The fraction of sp³-hybridized carbons (Fsp3) is 0.667. The van der Waals surface area contributed by atoms with Crippen molar-refractivity contribution in [3.8, 4) is 0 Å². The van der Waals surface area contributed by atoms with Gasteiger partial charge in [0.2, 0.25) is 10.0 Å². The number of piperazine rings is 1. The van der Waals surface area contributed by atoms with Gasteiger partial charge < -0.3 is 14.6 Å². The Hall–Kier alpha value is -1.38. The third-order valence-corrected chi connectivity index (χ3v) is 6.53. The zero-order valence-electron chi connectivity index (χ0n) is 13.5. The number of carbonyl (C=O) groups excluding carboxylic acids is 1. The average Bonchev–Trinajstić information content (AvgIpc) is 3.17. The van der Waals surface area contributed by atoms with Crippen LogP contribution in [0.25, 0.3) is 0 Å². The number of nitrogens with one attached hydrogen (secondary N) is 1. The van der Waals surface area contributed by atoms with Crippen LogP contribution in [-0.4, -0.2) is 62.3 Å². The fourth-order valence-corrected chi connectivity index (χ4v) is 4.86. The first-order valence-corrected chi connectivity index (χ1v) is 9.47. The predicted molar refractivity (Wildman–Crippen MR) is 84.8 cm³/mol. The van der Waals surface area contributed by atoms with E-state index in [9.17, 15) is 13.2 Å². The monoisotopic (exact) mass is 341 g/mol. The smallest absolute Gasteiger partial charge is 0.289 e. The van der Waals surface area contributed by atoms with Crippen molar-refractivity contribution in [2.45, 2.75) is 37.6 Å². The van der Waals surface area contributed by atoms with Gasteiger partial charge in [0.15, 0.2) is 5.76 Å². The second-order valence-corrected chi connectivity index (χ2v) is 8.10. The minimum atomic E-state index is -3.57. The lowest BCUT2D eigenvalue weighted by Crippen LogP contribution is -2.52. The predicted octanol–water partition coefficient (Wildman–Crippen LogP) is 0.806. The number of hydrogen-bond acceptors (Lipinski definition) is 5. The Bertz CT molecular complexity index is 692. The average molecular weight is 341 g/mol. The number of sulfonamides is 1. The van der Waals surface area contributed by atoms with Gasteiger partial charge in [0.25, 0.3) is 5.91 Å². The molecular formula is C15H23N3O4S. The van der Waals surface area contributed by atoms with Crippen LogP contribution in [0.3, 0.4) is 0 Å². The van der Waals surface area contributed by atoms with Crippen molar-refractivity contribution in [1.82, 2.24) is 14.5 Å². The van der Waals surface area contributed by atoms with Crippen molar-refractivity contribution in [1.29, 1.82) is 0 Å². The molecule has 3 rings (SSSR count). The third kappa shape index (κ3) is 3.02. The summed E-state index contributed by atoms with van der Waals surface area (Å²) in [7, 11) is -3.57. The van der Waals surface area contributed by atoms with Gasteiger partial charge in [-0.1, -0.05) is 0 Å². The SMILES string of the molecule is Cc1oc(C(=O)N2CCNC[C@@H]2C)cc1S(=O)(=O)N1CCCC1. The highest BCUT2D eigenvalue weighted by molar-refractivity contribution is 7.89. The van der Waals surface area contributed by atoms with Gasteiger partial charge in [-0.2, -0.15) is 4.31 Å². The van der Waals surface area contributed by atoms with E-state index < -0.39 is 10.0 Å². The van der Waals surface area contributed by atoms with Crippen molar-refractivity contribution in [2.24, 2.45) is 0 Å². The van der Waals surface area contributed by atoms with Gasteiger partial charge in [-0.3, -0.25) is 4.79 Å². The number of furan rings is 1. The van der Waals surface area contributed by atoms with Crippen LogP contribution in [0.4, 0.5) is 0 Å². The van der Waals surface area contributed by atoms with Gasteiger partial charge in [-0.15, -0.1) is 0 Å². The molecular weight excluding hydrogens is 318 g/mol. The van der Waals surface area contributed by atoms with E-state index in [4.69, 9.17) is 4.42 Å². The summed E-state index contributed by atoms with van der Waals surface area (Å²) in [4.78, 5) is 14.5. The molecule has 1 atom stereocenters. The second-order valence-electron chi connectivity index (χ2n) is 6.19. The molecule has 2 aliphatic rings. The Kier molecular flexibility index (Phi) is 4.48. The minimum Gasteiger partial charge on any atom is -0.455 e. The number of amides is 1. The Morgan fingerprint density at radius 1 is 1.30 bits per heavy atom. The molecule has 128 valence electrons. The summed E-state index contributed by atoms with van der Waals surface area (Å²) >= 11 is 0. The van der Waals surface area contributed by atoms with E-state index in [0.717, 1.165) is 25.9 Å². The molecule has 0 aromatic carbocycles. The highest BCUT2D eigenvalue weighted by atomic mass is 32.2. The number of rotatable bonds is 3. The first-order valence-electron chi connectivity index (χ1n) is 8.03. The van der Waals surface area contributed by atoms with Crippen LogP contribution in [0.1, 0.15) is 36.1 Å². The van der Waals surface area contributed by atoms with Crippen LogP contribution < -0.4 is 5.32 Å². The van der Waals surface area contributed by atoms with E-state index in [0.29, 0.717) is 19.6 Å². The van der Waals surface area contributed by atoms with Crippen LogP contribution in [0.15, 0.2) is 15.4 Å².